The Kier molecular flexibility index (Phi) is 4.46. The van der Waals surface area contributed by atoms with Gasteiger partial charge in [-0.2, -0.15) is 18.4 Å². The number of carbonyl (C=O) groups excluding carboxylic acids is 1. The number of hydrogen-bond donors (Lipinski definition) is 0. The van der Waals surface area contributed by atoms with E-state index >= 15 is 0 Å². The maximum atomic E-state index is 12.3. The summed E-state index contributed by atoms with van der Waals surface area (Å²) in [6.07, 6.45) is -2.19. The van der Waals surface area contributed by atoms with Crippen molar-refractivity contribution >= 4 is 5.91 Å². The van der Waals surface area contributed by atoms with E-state index in [4.69, 9.17) is 5.26 Å². The Morgan fingerprint density at radius 3 is 2.62 bits per heavy atom. The van der Waals surface area contributed by atoms with Crippen molar-refractivity contribution in [2.45, 2.75) is 25.4 Å². The van der Waals surface area contributed by atoms with Crippen LogP contribution in [0.15, 0.2) is 18.3 Å². The van der Waals surface area contributed by atoms with E-state index in [9.17, 15) is 18.0 Å². The van der Waals surface area contributed by atoms with E-state index in [2.05, 4.69) is 4.98 Å². The second kappa shape index (κ2) is 6.12. The lowest BCUT2D eigenvalue weighted by atomic mass is 10.2. The summed E-state index contributed by atoms with van der Waals surface area (Å²) in [5, 5.41) is 8.67. The Morgan fingerprint density at radius 1 is 1.43 bits per heavy atom. The Bertz CT molecular complexity index is 544. The molecule has 0 N–H and O–H groups in total. The van der Waals surface area contributed by atoms with Gasteiger partial charge in [0.25, 0.3) is 5.91 Å². The van der Waals surface area contributed by atoms with Crippen molar-refractivity contribution in [2.75, 3.05) is 13.1 Å². The first-order valence-corrected chi connectivity index (χ1v) is 6.61. The van der Waals surface area contributed by atoms with Crippen molar-refractivity contribution in [3.63, 3.8) is 0 Å². The van der Waals surface area contributed by atoms with Crippen molar-refractivity contribution in [2.24, 2.45) is 5.92 Å². The molecule has 1 fully saturated rings. The molecule has 1 amide bonds. The van der Waals surface area contributed by atoms with Crippen LogP contribution < -0.4 is 0 Å². The van der Waals surface area contributed by atoms with Crippen LogP contribution in [-0.2, 0) is 0 Å². The van der Waals surface area contributed by atoms with Gasteiger partial charge in [0.15, 0.2) is 0 Å². The van der Waals surface area contributed by atoms with Crippen LogP contribution >= 0.6 is 0 Å². The summed E-state index contributed by atoms with van der Waals surface area (Å²) in [6, 6.07) is 4.67. The molecule has 2 rings (SSSR count). The molecule has 1 aliphatic rings. The molecule has 1 heterocycles. The summed E-state index contributed by atoms with van der Waals surface area (Å²) in [5.41, 5.74) is 0.368. The van der Waals surface area contributed by atoms with E-state index in [1.165, 1.54) is 23.2 Å². The van der Waals surface area contributed by atoms with Crippen LogP contribution in [0.2, 0.25) is 0 Å². The molecule has 0 radical (unpaired) electrons. The second-order valence-electron chi connectivity index (χ2n) is 5.10. The highest BCUT2D eigenvalue weighted by atomic mass is 19.4. The van der Waals surface area contributed by atoms with Gasteiger partial charge in [0.05, 0.1) is 12.0 Å². The highest BCUT2D eigenvalue weighted by molar-refractivity contribution is 5.92. The summed E-state index contributed by atoms with van der Waals surface area (Å²) in [6.45, 7) is -0.0306. The van der Waals surface area contributed by atoms with Crippen LogP contribution in [0.1, 0.15) is 35.3 Å². The molecular weight excluding hydrogens is 283 g/mol. The van der Waals surface area contributed by atoms with Gasteiger partial charge in [-0.1, -0.05) is 0 Å². The molecule has 4 nitrogen and oxygen atoms in total. The third-order valence-corrected chi connectivity index (χ3v) is 3.24. The average molecular weight is 297 g/mol. The van der Waals surface area contributed by atoms with E-state index in [-0.39, 0.29) is 12.2 Å². The smallest absolute Gasteiger partial charge is 0.337 e. The van der Waals surface area contributed by atoms with Gasteiger partial charge in [0, 0.05) is 19.3 Å². The lowest BCUT2D eigenvalue weighted by Crippen LogP contribution is -2.36. The van der Waals surface area contributed by atoms with Gasteiger partial charge in [-0.25, -0.2) is 4.98 Å². The van der Waals surface area contributed by atoms with Gasteiger partial charge >= 0.3 is 6.18 Å². The number of alkyl halides is 3. The molecule has 0 unspecified atom stereocenters. The minimum atomic E-state index is -4.29. The van der Waals surface area contributed by atoms with Crippen molar-refractivity contribution in [1.82, 2.24) is 9.88 Å². The van der Waals surface area contributed by atoms with Crippen molar-refractivity contribution in [3.8, 4) is 6.07 Å². The summed E-state index contributed by atoms with van der Waals surface area (Å²) >= 11 is 0. The van der Waals surface area contributed by atoms with E-state index in [1.54, 1.807) is 0 Å². The van der Waals surface area contributed by atoms with Gasteiger partial charge in [-0.15, -0.1) is 0 Å². The Morgan fingerprint density at radius 2 is 2.14 bits per heavy atom. The number of pyridine rings is 1. The molecule has 1 aliphatic carbocycles. The zero-order valence-corrected chi connectivity index (χ0v) is 11.2. The van der Waals surface area contributed by atoms with Crippen LogP contribution in [0.4, 0.5) is 13.2 Å². The Balaban J connectivity index is 2.06. The zero-order valence-electron chi connectivity index (χ0n) is 11.2. The molecule has 0 aliphatic heterocycles. The van der Waals surface area contributed by atoms with Gasteiger partial charge in [0.2, 0.25) is 0 Å². The number of hydrogen-bond acceptors (Lipinski definition) is 3. The highest BCUT2D eigenvalue weighted by Crippen LogP contribution is 2.31. The van der Waals surface area contributed by atoms with Crippen LogP contribution in [-0.4, -0.2) is 35.1 Å². The first-order valence-electron chi connectivity index (χ1n) is 6.61. The molecule has 0 saturated heterocycles. The quantitative estimate of drug-likeness (QED) is 0.839. The summed E-state index contributed by atoms with van der Waals surface area (Å²) in [4.78, 5) is 17.3. The van der Waals surface area contributed by atoms with Gasteiger partial charge in [-0.3, -0.25) is 4.79 Å². The molecule has 1 saturated carbocycles. The van der Waals surface area contributed by atoms with Gasteiger partial charge < -0.3 is 4.90 Å². The number of nitrogens with zero attached hydrogens (tertiary/aromatic N) is 3. The molecule has 0 atom stereocenters. The van der Waals surface area contributed by atoms with E-state index < -0.39 is 18.5 Å². The van der Waals surface area contributed by atoms with Crippen molar-refractivity contribution in [1.29, 1.82) is 5.26 Å². The molecular formula is C14H14F3N3O. The van der Waals surface area contributed by atoms with Gasteiger partial charge in [-0.05, 0) is 30.9 Å². The van der Waals surface area contributed by atoms with Crippen LogP contribution in [0.25, 0.3) is 0 Å². The van der Waals surface area contributed by atoms with E-state index in [1.807, 2.05) is 6.07 Å². The summed E-state index contributed by atoms with van der Waals surface area (Å²) < 4.78 is 37.0. The fourth-order valence-corrected chi connectivity index (χ4v) is 1.90. The number of aromatic nitrogens is 1. The molecule has 7 heteroatoms. The number of carbonyl (C=O) groups is 1. The third kappa shape index (κ3) is 4.74. The van der Waals surface area contributed by atoms with E-state index in [0.29, 0.717) is 18.0 Å². The van der Waals surface area contributed by atoms with Crippen molar-refractivity contribution in [3.05, 3.63) is 29.6 Å². The summed E-state index contributed by atoms with van der Waals surface area (Å²) in [5.74, 6) is -0.226. The number of nitriles is 1. The second-order valence-corrected chi connectivity index (χ2v) is 5.10. The Labute approximate surface area is 120 Å². The average Bonchev–Trinajstić information content (AvgIpc) is 3.26. The first kappa shape index (κ1) is 15.3. The molecule has 21 heavy (non-hydrogen) atoms. The molecule has 1 aromatic heterocycles. The fraction of sp³-hybridized carbons (Fsp3) is 0.500. The molecule has 0 aromatic carbocycles. The number of amides is 1. The maximum absolute atomic E-state index is 12.3. The zero-order chi connectivity index (χ0) is 15.5. The first-order chi connectivity index (χ1) is 9.89. The standard InChI is InChI=1S/C14H14F3N3O/c15-14(16,17)5-6-20(9-10-1-2-10)13(21)12-4-3-11(7-18)8-19-12/h3-4,8,10H,1-2,5-6,9H2. The largest absolute Gasteiger partial charge is 0.390 e. The number of halogens is 3. The topological polar surface area (TPSA) is 57.0 Å². The lowest BCUT2D eigenvalue weighted by Gasteiger charge is -2.23. The highest BCUT2D eigenvalue weighted by Gasteiger charge is 2.32. The molecule has 0 spiro atoms. The number of rotatable bonds is 5. The van der Waals surface area contributed by atoms with Crippen LogP contribution in [0.3, 0.4) is 0 Å². The minimum absolute atomic E-state index is 0.0665. The predicted octanol–water partition coefficient (Wildman–Crippen LogP) is 2.76. The van der Waals surface area contributed by atoms with Crippen LogP contribution in [0, 0.1) is 17.2 Å². The predicted molar refractivity (Wildman–Crippen MR) is 68.3 cm³/mol. The SMILES string of the molecule is N#Cc1ccc(C(=O)N(CCC(F)(F)F)CC2CC2)nc1. The summed E-state index contributed by atoms with van der Waals surface area (Å²) in [7, 11) is 0. The molecule has 1 aromatic rings. The van der Waals surface area contributed by atoms with Crippen LogP contribution in [0.5, 0.6) is 0 Å². The lowest BCUT2D eigenvalue weighted by molar-refractivity contribution is -0.136. The monoisotopic (exact) mass is 297 g/mol. The normalized spacial score (nSPS) is 14.6. The molecule has 112 valence electrons. The fourth-order valence-electron chi connectivity index (χ4n) is 1.90. The van der Waals surface area contributed by atoms with Crippen molar-refractivity contribution < 1.29 is 18.0 Å². The molecule has 0 bridgehead atoms. The Hall–Kier alpha value is -2.10. The third-order valence-electron chi connectivity index (χ3n) is 3.24. The maximum Gasteiger partial charge on any atom is 0.390 e. The minimum Gasteiger partial charge on any atom is -0.337 e. The van der Waals surface area contributed by atoms with E-state index in [0.717, 1.165) is 12.8 Å². The van der Waals surface area contributed by atoms with Gasteiger partial charge in [0.1, 0.15) is 11.8 Å².